The van der Waals surface area contributed by atoms with Gasteiger partial charge in [-0.05, 0) is 52.9 Å². The van der Waals surface area contributed by atoms with Crippen molar-refractivity contribution in [1.29, 1.82) is 0 Å². The second-order valence-electron chi connectivity index (χ2n) is 6.20. The van der Waals surface area contributed by atoms with Crippen molar-refractivity contribution in [3.63, 3.8) is 0 Å². The summed E-state index contributed by atoms with van der Waals surface area (Å²) in [5.74, 6) is 0.738. The van der Waals surface area contributed by atoms with Crippen LogP contribution in [0, 0.1) is 0 Å². The number of carbonyl (C=O) groups excluding carboxylic acids is 1. The highest BCUT2D eigenvalue weighted by atomic mass is 16.5. The number of hydrogen-bond donors (Lipinski definition) is 1. The Bertz CT molecular complexity index is 994. The number of fused-ring (bicyclic) bond motifs is 3. The van der Waals surface area contributed by atoms with Crippen molar-refractivity contribution in [1.82, 2.24) is 0 Å². The highest BCUT2D eigenvalue weighted by Gasteiger charge is 2.20. The molecule has 1 aliphatic carbocycles. The van der Waals surface area contributed by atoms with E-state index in [1.54, 1.807) is 25.3 Å². The van der Waals surface area contributed by atoms with Crippen LogP contribution in [-0.2, 0) is 6.42 Å². The number of benzene rings is 3. The molecular weight excluding hydrogens is 326 g/mol. The lowest BCUT2D eigenvalue weighted by Crippen LogP contribution is -2.13. The van der Waals surface area contributed by atoms with Gasteiger partial charge in [0.15, 0.2) is 11.5 Å². The molecule has 4 nitrogen and oxygen atoms in total. The summed E-state index contributed by atoms with van der Waals surface area (Å²) in [4.78, 5) is 12.7. The molecule has 0 bridgehead atoms. The highest BCUT2D eigenvalue weighted by molar-refractivity contribution is 6.07. The molecule has 130 valence electrons. The molecule has 3 aromatic rings. The lowest BCUT2D eigenvalue weighted by molar-refractivity contribution is 0.102. The predicted molar refractivity (Wildman–Crippen MR) is 102 cm³/mol. The van der Waals surface area contributed by atoms with Crippen molar-refractivity contribution < 1.29 is 14.3 Å². The SMILES string of the molecule is COc1cccc(C(=O)Nc2ccc3c(c2)Cc2ccccc2-3)c1OC. The summed E-state index contributed by atoms with van der Waals surface area (Å²) in [6.45, 7) is 0. The molecule has 0 atom stereocenters. The standard InChI is InChI=1S/C22H19NO3/c1-25-20-9-5-8-19(21(20)26-2)22(24)23-16-10-11-18-15(13-16)12-14-6-3-4-7-17(14)18/h3-11,13H,12H2,1-2H3,(H,23,24). The van der Waals surface area contributed by atoms with E-state index < -0.39 is 0 Å². The zero-order valence-electron chi connectivity index (χ0n) is 14.7. The first-order valence-corrected chi connectivity index (χ1v) is 8.45. The summed E-state index contributed by atoms with van der Waals surface area (Å²) in [5.41, 5.74) is 6.26. The van der Waals surface area contributed by atoms with E-state index in [9.17, 15) is 4.79 Å². The number of carbonyl (C=O) groups is 1. The fourth-order valence-electron chi connectivity index (χ4n) is 3.49. The molecule has 0 unspecified atom stereocenters. The van der Waals surface area contributed by atoms with Crippen LogP contribution in [0.4, 0.5) is 5.69 Å². The molecule has 0 saturated heterocycles. The van der Waals surface area contributed by atoms with Crippen LogP contribution in [0.5, 0.6) is 11.5 Å². The zero-order valence-corrected chi connectivity index (χ0v) is 14.7. The maximum Gasteiger partial charge on any atom is 0.259 e. The Morgan fingerprint density at radius 3 is 2.50 bits per heavy atom. The van der Waals surface area contributed by atoms with Crippen molar-refractivity contribution in [2.45, 2.75) is 6.42 Å². The van der Waals surface area contributed by atoms with E-state index in [0.717, 1.165) is 12.1 Å². The summed E-state index contributed by atoms with van der Waals surface area (Å²) in [6.07, 6.45) is 0.887. The summed E-state index contributed by atoms with van der Waals surface area (Å²) < 4.78 is 10.6. The van der Waals surface area contributed by atoms with Crippen molar-refractivity contribution in [3.05, 3.63) is 77.4 Å². The minimum atomic E-state index is -0.226. The third kappa shape index (κ3) is 2.69. The Balaban J connectivity index is 1.61. The lowest BCUT2D eigenvalue weighted by atomic mass is 10.1. The number of rotatable bonds is 4. The van der Waals surface area contributed by atoms with Crippen molar-refractivity contribution in [3.8, 4) is 22.6 Å². The van der Waals surface area contributed by atoms with Crippen molar-refractivity contribution in [2.24, 2.45) is 0 Å². The van der Waals surface area contributed by atoms with Crippen LogP contribution in [0.2, 0.25) is 0 Å². The van der Waals surface area contributed by atoms with E-state index in [-0.39, 0.29) is 5.91 Å². The van der Waals surface area contributed by atoms with Crippen LogP contribution in [0.15, 0.2) is 60.7 Å². The average molecular weight is 345 g/mol. The van der Waals surface area contributed by atoms with Gasteiger partial charge in [0.05, 0.1) is 19.8 Å². The molecule has 0 aliphatic heterocycles. The molecule has 0 heterocycles. The highest BCUT2D eigenvalue weighted by Crippen LogP contribution is 2.38. The van der Waals surface area contributed by atoms with Gasteiger partial charge in [-0.15, -0.1) is 0 Å². The van der Waals surface area contributed by atoms with Crippen LogP contribution in [-0.4, -0.2) is 20.1 Å². The van der Waals surface area contributed by atoms with Crippen LogP contribution in [0.25, 0.3) is 11.1 Å². The summed E-state index contributed by atoms with van der Waals surface area (Å²) in [5, 5.41) is 2.97. The topological polar surface area (TPSA) is 47.6 Å². The zero-order chi connectivity index (χ0) is 18.1. The lowest BCUT2D eigenvalue weighted by Gasteiger charge is -2.13. The quantitative estimate of drug-likeness (QED) is 0.591. The van der Waals surface area contributed by atoms with Gasteiger partial charge in [-0.3, -0.25) is 4.79 Å². The Morgan fingerprint density at radius 1 is 0.885 bits per heavy atom. The van der Waals surface area contributed by atoms with E-state index >= 15 is 0 Å². The third-order valence-corrected chi connectivity index (χ3v) is 4.70. The first-order chi connectivity index (χ1) is 12.7. The van der Waals surface area contributed by atoms with Gasteiger partial charge in [0.25, 0.3) is 5.91 Å². The molecule has 1 aliphatic rings. The summed E-state index contributed by atoms with van der Waals surface area (Å²) in [6, 6.07) is 19.7. The molecule has 4 rings (SSSR count). The number of para-hydroxylation sites is 1. The molecule has 0 fully saturated rings. The van der Waals surface area contributed by atoms with Crippen molar-refractivity contribution in [2.75, 3.05) is 19.5 Å². The number of anilines is 1. The molecular formula is C22H19NO3. The normalized spacial score (nSPS) is 11.5. The summed E-state index contributed by atoms with van der Waals surface area (Å²) >= 11 is 0. The smallest absolute Gasteiger partial charge is 0.259 e. The number of ether oxygens (including phenoxy) is 2. The molecule has 26 heavy (non-hydrogen) atoms. The maximum absolute atomic E-state index is 12.7. The van der Waals surface area contributed by atoms with Crippen LogP contribution in [0.1, 0.15) is 21.5 Å². The van der Waals surface area contributed by atoms with Gasteiger partial charge in [0.1, 0.15) is 0 Å². The van der Waals surface area contributed by atoms with E-state index in [2.05, 4.69) is 35.6 Å². The number of methoxy groups -OCH3 is 2. The van der Waals surface area contributed by atoms with Gasteiger partial charge in [-0.1, -0.05) is 36.4 Å². The number of hydrogen-bond acceptors (Lipinski definition) is 3. The molecule has 1 amide bonds. The molecule has 0 saturated carbocycles. The molecule has 1 N–H and O–H groups in total. The van der Waals surface area contributed by atoms with E-state index in [1.165, 1.54) is 29.4 Å². The molecule has 0 aromatic heterocycles. The van der Waals surface area contributed by atoms with Gasteiger partial charge in [-0.2, -0.15) is 0 Å². The fraction of sp³-hybridized carbons (Fsp3) is 0.136. The largest absolute Gasteiger partial charge is 0.493 e. The van der Waals surface area contributed by atoms with Crippen LogP contribution in [0.3, 0.4) is 0 Å². The first-order valence-electron chi connectivity index (χ1n) is 8.45. The Morgan fingerprint density at radius 2 is 1.69 bits per heavy atom. The summed E-state index contributed by atoms with van der Waals surface area (Å²) in [7, 11) is 3.08. The Kier molecular flexibility index (Phi) is 4.09. The van der Waals surface area contributed by atoms with Crippen LogP contribution < -0.4 is 14.8 Å². The second-order valence-corrected chi connectivity index (χ2v) is 6.20. The van der Waals surface area contributed by atoms with E-state index in [0.29, 0.717) is 17.1 Å². The number of amides is 1. The Labute approximate surface area is 152 Å². The molecule has 0 spiro atoms. The monoisotopic (exact) mass is 345 g/mol. The van der Waals surface area contributed by atoms with E-state index in [4.69, 9.17) is 9.47 Å². The molecule has 0 radical (unpaired) electrons. The minimum absolute atomic E-state index is 0.226. The van der Waals surface area contributed by atoms with Gasteiger partial charge in [0.2, 0.25) is 0 Å². The first kappa shape index (κ1) is 16.2. The molecule has 3 aromatic carbocycles. The Hall–Kier alpha value is -3.27. The van der Waals surface area contributed by atoms with Crippen LogP contribution >= 0.6 is 0 Å². The average Bonchev–Trinajstić information content (AvgIpc) is 3.04. The predicted octanol–water partition coefficient (Wildman–Crippen LogP) is 4.53. The molecule has 4 heteroatoms. The van der Waals surface area contributed by atoms with Gasteiger partial charge in [0, 0.05) is 5.69 Å². The van der Waals surface area contributed by atoms with Gasteiger partial charge < -0.3 is 14.8 Å². The maximum atomic E-state index is 12.7. The van der Waals surface area contributed by atoms with Crippen molar-refractivity contribution >= 4 is 11.6 Å². The number of nitrogens with one attached hydrogen (secondary N) is 1. The fourth-order valence-corrected chi connectivity index (χ4v) is 3.49. The second kappa shape index (κ2) is 6.56. The van der Waals surface area contributed by atoms with Gasteiger partial charge in [-0.25, -0.2) is 0 Å². The van der Waals surface area contributed by atoms with Gasteiger partial charge >= 0.3 is 0 Å². The third-order valence-electron chi connectivity index (χ3n) is 4.70. The van der Waals surface area contributed by atoms with E-state index in [1.807, 2.05) is 12.1 Å². The minimum Gasteiger partial charge on any atom is -0.493 e.